The molecule has 2 aromatic carbocycles. The summed E-state index contributed by atoms with van der Waals surface area (Å²) in [6.45, 7) is 0.858. The highest BCUT2D eigenvalue weighted by atomic mass is 16.5. The zero-order valence-electron chi connectivity index (χ0n) is 15.8. The number of hydrogen-bond donors (Lipinski definition) is 1. The predicted octanol–water partition coefficient (Wildman–Crippen LogP) is 2.26. The molecule has 1 saturated heterocycles. The Balaban J connectivity index is 1.62. The van der Waals surface area contributed by atoms with Crippen LogP contribution in [0.5, 0.6) is 5.75 Å². The molecule has 1 aliphatic rings. The van der Waals surface area contributed by atoms with Gasteiger partial charge in [0.25, 0.3) is 5.91 Å². The van der Waals surface area contributed by atoms with Gasteiger partial charge >= 0.3 is 5.97 Å². The van der Waals surface area contributed by atoms with Crippen LogP contribution in [-0.4, -0.2) is 45.1 Å². The van der Waals surface area contributed by atoms with Crippen LogP contribution in [-0.2, 0) is 9.53 Å². The van der Waals surface area contributed by atoms with Gasteiger partial charge in [-0.2, -0.15) is 0 Å². The molecule has 2 aromatic rings. The largest absolute Gasteiger partial charge is 0.497 e. The average Bonchev–Trinajstić information content (AvgIpc) is 3.12. The lowest BCUT2D eigenvalue weighted by atomic mass is 10.1. The zero-order valence-corrected chi connectivity index (χ0v) is 15.8. The topological polar surface area (TPSA) is 84.9 Å². The zero-order chi connectivity index (χ0) is 20.1. The standard InChI is InChI=1S/C21H22N2O5/c1-27-16-9-7-15(8-10-16)23-13-14(11-19(23)24)12-22-20(25)17-5-3-4-6-18(17)21(26)28-2/h3-10,14H,11-13H2,1-2H3,(H,22,25). The SMILES string of the molecule is COC(=O)c1ccccc1C(=O)NCC1CC(=O)N(c2ccc(OC)cc2)C1. The second kappa shape index (κ2) is 8.56. The van der Waals surface area contributed by atoms with Crippen LogP contribution in [0.1, 0.15) is 27.1 Å². The molecule has 1 unspecified atom stereocenters. The van der Waals surface area contributed by atoms with E-state index in [1.165, 1.54) is 7.11 Å². The molecule has 2 amide bonds. The molecule has 1 N–H and O–H groups in total. The highest BCUT2D eigenvalue weighted by Gasteiger charge is 2.31. The van der Waals surface area contributed by atoms with Gasteiger partial charge in [0, 0.05) is 31.1 Å². The summed E-state index contributed by atoms with van der Waals surface area (Å²) < 4.78 is 9.86. The van der Waals surface area contributed by atoms with E-state index < -0.39 is 5.97 Å². The van der Waals surface area contributed by atoms with Crippen molar-refractivity contribution in [2.45, 2.75) is 6.42 Å². The predicted molar refractivity (Wildman–Crippen MR) is 104 cm³/mol. The van der Waals surface area contributed by atoms with Crippen LogP contribution in [0, 0.1) is 5.92 Å². The van der Waals surface area contributed by atoms with Crippen molar-refractivity contribution in [2.75, 3.05) is 32.2 Å². The van der Waals surface area contributed by atoms with Gasteiger partial charge in [0.15, 0.2) is 0 Å². The van der Waals surface area contributed by atoms with Gasteiger partial charge in [-0.3, -0.25) is 9.59 Å². The van der Waals surface area contributed by atoms with Crippen molar-refractivity contribution in [2.24, 2.45) is 5.92 Å². The van der Waals surface area contributed by atoms with Crippen LogP contribution < -0.4 is 15.0 Å². The molecular formula is C21H22N2O5. The quantitative estimate of drug-likeness (QED) is 0.775. The van der Waals surface area contributed by atoms with Gasteiger partial charge in [0.1, 0.15) is 5.75 Å². The second-order valence-electron chi connectivity index (χ2n) is 6.52. The third kappa shape index (κ3) is 4.14. The molecule has 3 rings (SSSR count). The van der Waals surface area contributed by atoms with E-state index in [-0.39, 0.29) is 28.9 Å². The number of esters is 1. The Morgan fingerprint density at radius 1 is 1.07 bits per heavy atom. The van der Waals surface area contributed by atoms with Crippen molar-refractivity contribution < 1.29 is 23.9 Å². The Morgan fingerprint density at radius 3 is 2.39 bits per heavy atom. The van der Waals surface area contributed by atoms with Crippen molar-refractivity contribution >= 4 is 23.5 Å². The summed E-state index contributed by atoms with van der Waals surface area (Å²) in [6, 6.07) is 13.8. The van der Waals surface area contributed by atoms with Gasteiger partial charge in [0.2, 0.25) is 5.91 Å². The summed E-state index contributed by atoms with van der Waals surface area (Å²) in [5.74, 6) is -0.199. The lowest BCUT2D eigenvalue weighted by molar-refractivity contribution is -0.117. The molecule has 7 nitrogen and oxygen atoms in total. The number of hydrogen-bond acceptors (Lipinski definition) is 5. The fourth-order valence-corrected chi connectivity index (χ4v) is 3.23. The number of ether oxygens (including phenoxy) is 2. The summed E-state index contributed by atoms with van der Waals surface area (Å²) in [4.78, 5) is 38.4. The van der Waals surface area contributed by atoms with Crippen molar-refractivity contribution in [3.63, 3.8) is 0 Å². The van der Waals surface area contributed by atoms with Gasteiger partial charge in [-0.15, -0.1) is 0 Å². The summed E-state index contributed by atoms with van der Waals surface area (Å²) in [5, 5.41) is 2.83. The van der Waals surface area contributed by atoms with Crippen LogP contribution in [0.3, 0.4) is 0 Å². The fraction of sp³-hybridized carbons (Fsp3) is 0.286. The number of nitrogens with zero attached hydrogens (tertiary/aromatic N) is 1. The maximum Gasteiger partial charge on any atom is 0.338 e. The first-order valence-corrected chi connectivity index (χ1v) is 8.93. The third-order valence-electron chi connectivity index (χ3n) is 4.72. The lowest BCUT2D eigenvalue weighted by Crippen LogP contribution is -2.32. The van der Waals surface area contributed by atoms with Gasteiger partial charge < -0.3 is 19.7 Å². The summed E-state index contributed by atoms with van der Waals surface area (Å²) >= 11 is 0. The smallest absolute Gasteiger partial charge is 0.338 e. The number of carbonyl (C=O) groups excluding carboxylic acids is 3. The number of rotatable bonds is 6. The molecule has 0 aromatic heterocycles. The van der Waals surface area contributed by atoms with Gasteiger partial charge in [-0.1, -0.05) is 12.1 Å². The van der Waals surface area contributed by atoms with E-state index in [0.717, 1.165) is 11.4 Å². The van der Waals surface area contributed by atoms with Crippen molar-refractivity contribution in [3.8, 4) is 5.75 Å². The maximum atomic E-state index is 12.5. The van der Waals surface area contributed by atoms with Crippen molar-refractivity contribution in [1.29, 1.82) is 0 Å². The van der Waals surface area contributed by atoms with Crippen molar-refractivity contribution in [3.05, 3.63) is 59.7 Å². The van der Waals surface area contributed by atoms with Crippen LogP contribution in [0.25, 0.3) is 0 Å². The second-order valence-corrected chi connectivity index (χ2v) is 6.52. The molecule has 1 aliphatic heterocycles. The van der Waals surface area contributed by atoms with Crippen LogP contribution in [0.4, 0.5) is 5.69 Å². The lowest BCUT2D eigenvalue weighted by Gasteiger charge is -2.17. The third-order valence-corrected chi connectivity index (χ3v) is 4.72. The monoisotopic (exact) mass is 382 g/mol. The van der Waals surface area contributed by atoms with E-state index in [0.29, 0.717) is 19.5 Å². The molecule has 0 spiro atoms. The molecule has 1 atom stereocenters. The number of nitrogens with one attached hydrogen (secondary N) is 1. The van der Waals surface area contributed by atoms with Gasteiger partial charge in [-0.05, 0) is 36.4 Å². The summed E-state index contributed by atoms with van der Waals surface area (Å²) in [5.41, 5.74) is 1.27. The molecule has 1 heterocycles. The first-order chi connectivity index (χ1) is 13.5. The Hall–Kier alpha value is -3.35. The minimum Gasteiger partial charge on any atom is -0.497 e. The fourth-order valence-electron chi connectivity index (χ4n) is 3.23. The molecule has 146 valence electrons. The maximum absolute atomic E-state index is 12.5. The van der Waals surface area contributed by atoms with E-state index in [1.807, 2.05) is 24.3 Å². The molecule has 7 heteroatoms. The van der Waals surface area contributed by atoms with E-state index in [2.05, 4.69) is 5.32 Å². The van der Waals surface area contributed by atoms with Crippen LogP contribution >= 0.6 is 0 Å². The Morgan fingerprint density at radius 2 is 1.75 bits per heavy atom. The minimum absolute atomic E-state index is 0.0103. The number of benzene rings is 2. The normalized spacial score (nSPS) is 16.0. The number of anilines is 1. The highest BCUT2D eigenvalue weighted by molar-refractivity contribution is 6.05. The summed E-state index contributed by atoms with van der Waals surface area (Å²) in [6.07, 6.45) is 0.352. The van der Waals surface area contributed by atoms with Gasteiger partial charge in [0.05, 0.1) is 25.3 Å². The van der Waals surface area contributed by atoms with E-state index >= 15 is 0 Å². The number of methoxy groups -OCH3 is 2. The first-order valence-electron chi connectivity index (χ1n) is 8.93. The molecule has 0 aliphatic carbocycles. The molecule has 1 fully saturated rings. The molecular weight excluding hydrogens is 360 g/mol. The van der Waals surface area contributed by atoms with Crippen molar-refractivity contribution in [1.82, 2.24) is 5.32 Å². The van der Waals surface area contributed by atoms with E-state index in [9.17, 15) is 14.4 Å². The molecule has 0 bridgehead atoms. The Bertz CT molecular complexity index is 879. The minimum atomic E-state index is -0.563. The average molecular weight is 382 g/mol. The molecule has 0 saturated carbocycles. The summed E-state index contributed by atoms with van der Waals surface area (Å²) in [7, 11) is 2.86. The Kier molecular flexibility index (Phi) is 5.93. The number of carbonyl (C=O) groups is 3. The Labute approximate surface area is 163 Å². The molecule has 0 radical (unpaired) electrons. The van der Waals surface area contributed by atoms with E-state index in [4.69, 9.17) is 9.47 Å². The first kappa shape index (κ1) is 19.4. The van der Waals surface area contributed by atoms with Crippen LogP contribution in [0.2, 0.25) is 0 Å². The van der Waals surface area contributed by atoms with Gasteiger partial charge in [-0.25, -0.2) is 4.79 Å². The van der Waals surface area contributed by atoms with E-state index in [1.54, 1.807) is 36.3 Å². The van der Waals surface area contributed by atoms with Crippen LogP contribution in [0.15, 0.2) is 48.5 Å². The number of amides is 2. The molecule has 28 heavy (non-hydrogen) atoms. The highest BCUT2D eigenvalue weighted by Crippen LogP contribution is 2.26.